The second-order valence-corrected chi connectivity index (χ2v) is 11.5. The van der Waals surface area contributed by atoms with E-state index in [1.807, 2.05) is 6.92 Å². The lowest BCUT2D eigenvalue weighted by Gasteiger charge is -2.44. The summed E-state index contributed by atoms with van der Waals surface area (Å²) in [5.41, 5.74) is 6.13. The Morgan fingerprint density at radius 1 is 1.28 bits per heavy atom. The standard InChI is InChI=1S/C13H29NO3Si/c1-9-12(15-5)10(14)8-11(16-9)17-18(6,7)13(2,3)4/h9-12H,8,14H2,1-7H3/t9-,10+,11+,12-/m0/s1. The van der Waals surface area contributed by atoms with Gasteiger partial charge in [-0.3, -0.25) is 0 Å². The molecule has 0 amide bonds. The molecule has 1 heterocycles. The van der Waals surface area contributed by atoms with E-state index in [9.17, 15) is 0 Å². The molecular weight excluding hydrogens is 246 g/mol. The van der Waals surface area contributed by atoms with Crippen LogP contribution in [0.1, 0.15) is 34.1 Å². The van der Waals surface area contributed by atoms with Crippen LogP contribution in [0.25, 0.3) is 0 Å². The van der Waals surface area contributed by atoms with E-state index in [0.29, 0.717) is 6.42 Å². The highest BCUT2D eigenvalue weighted by molar-refractivity contribution is 6.74. The van der Waals surface area contributed by atoms with Gasteiger partial charge in [0.05, 0.1) is 12.2 Å². The molecule has 0 unspecified atom stereocenters. The number of methoxy groups -OCH3 is 1. The Bertz CT molecular complexity index is 266. The number of hydrogen-bond acceptors (Lipinski definition) is 4. The molecule has 0 spiro atoms. The van der Waals surface area contributed by atoms with Crippen molar-refractivity contribution in [3.05, 3.63) is 0 Å². The largest absolute Gasteiger partial charge is 0.392 e. The smallest absolute Gasteiger partial charge is 0.195 e. The fourth-order valence-corrected chi connectivity index (χ4v) is 3.19. The predicted molar refractivity (Wildman–Crippen MR) is 76.0 cm³/mol. The maximum atomic E-state index is 6.26. The Balaban J connectivity index is 2.66. The lowest BCUT2D eigenvalue weighted by Crippen LogP contribution is -2.55. The summed E-state index contributed by atoms with van der Waals surface area (Å²) >= 11 is 0. The molecule has 18 heavy (non-hydrogen) atoms. The molecule has 0 radical (unpaired) electrons. The van der Waals surface area contributed by atoms with Gasteiger partial charge in [0, 0.05) is 19.6 Å². The van der Waals surface area contributed by atoms with Crippen LogP contribution >= 0.6 is 0 Å². The second-order valence-electron chi connectivity index (χ2n) is 6.75. The molecule has 1 rings (SSSR count). The molecule has 0 aliphatic carbocycles. The van der Waals surface area contributed by atoms with Gasteiger partial charge in [-0.1, -0.05) is 20.8 Å². The Kier molecular flexibility index (Phi) is 5.00. The number of hydrogen-bond donors (Lipinski definition) is 1. The van der Waals surface area contributed by atoms with E-state index in [1.165, 1.54) is 0 Å². The van der Waals surface area contributed by atoms with E-state index in [0.717, 1.165) is 0 Å². The van der Waals surface area contributed by atoms with Crippen molar-refractivity contribution < 1.29 is 13.9 Å². The first-order valence-electron chi connectivity index (χ1n) is 6.70. The first-order valence-corrected chi connectivity index (χ1v) is 9.61. The molecular formula is C13H29NO3Si. The quantitative estimate of drug-likeness (QED) is 0.804. The van der Waals surface area contributed by atoms with Crippen molar-refractivity contribution in [2.75, 3.05) is 7.11 Å². The molecule has 0 aromatic carbocycles. The number of nitrogens with two attached hydrogens (primary N) is 1. The average molecular weight is 275 g/mol. The van der Waals surface area contributed by atoms with E-state index >= 15 is 0 Å². The van der Waals surface area contributed by atoms with Gasteiger partial charge in [-0.25, -0.2) is 0 Å². The van der Waals surface area contributed by atoms with Gasteiger partial charge >= 0.3 is 0 Å². The third-order valence-corrected chi connectivity index (χ3v) is 8.68. The summed E-state index contributed by atoms with van der Waals surface area (Å²) in [7, 11) is -0.125. The Labute approximate surface area is 112 Å². The van der Waals surface area contributed by atoms with Crippen molar-refractivity contribution in [1.82, 2.24) is 0 Å². The van der Waals surface area contributed by atoms with E-state index in [2.05, 4.69) is 33.9 Å². The maximum Gasteiger partial charge on any atom is 0.195 e. The minimum absolute atomic E-state index is 0.0199. The first kappa shape index (κ1) is 16.1. The van der Waals surface area contributed by atoms with Gasteiger partial charge in [0.15, 0.2) is 8.32 Å². The number of rotatable bonds is 3. The van der Waals surface area contributed by atoms with Crippen LogP contribution in [0.2, 0.25) is 18.1 Å². The fraction of sp³-hybridized carbons (Fsp3) is 1.00. The highest BCUT2D eigenvalue weighted by atomic mass is 28.4. The second kappa shape index (κ2) is 5.59. The van der Waals surface area contributed by atoms with Gasteiger partial charge in [0.25, 0.3) is 0 Å². The molecule has 1 aliphatic heterocycles. The molecule has 0 aromatic rings. The number of ether oxygens (including phenoxy) is 2. The molecule has 1 saturated heterocycles. The van der Waals surface area contributed by atoms with Crippen molar-refractivity contribution in [1.29, 1.82) is 0 Å². The van der Waals surface area contributed by atoms with Crippen molar-refractivity contribution in [2.45, 2.75) is 76.8 Å². The Hall–Kier alpha value is 0.0569. The van der Waals surface area contributed by atoms with Crippen molar-refractivity contribution >= 4 is 8.32 Å². The lowest BCUT2D eigenvalue weighted by molar-refractivity contribution is -0.197. The van der Waals surface area contributed by atoms with Crippen LogP contribution in [0.4, 0.5) is 0 Å². The Morgan fingerprint density at radius 3 is 2.22 bits per heavy atom. The van der Waals surface area contributed by atoms with Crippen LogP contribution in [0.15, 0.2) is 0 Å². The third-order valence-electron chi connectivity index (χ3n) is 4.22. The Morgan fingerprint density at radius 2 is 1.83 bits per heavy atom. The molecule has 1 fully saturated rings. The zero-order chi connectivity index (χ0) is 14.1. The van der Waals surface area contributed by atoms with E-state index in [-0.39, 0.29) is 29.6 Å². The topological polar surface area (TPSA) is 53.7 Å². The van der Waals surface area contributed by atoms with Crippen molar-refractivity contribution in [3.63, 3.8) is 0 Å². The summed E-state index contributed by atoms with van der Waals surface area (Å²) < 4.78 is 17.5. The third kappa shape index (κ3) is 3.54. The monoisotopic (exact) mass is 275 g/mol. The summed E-state index contributed by atoms with van der Waals surface area (Å²) in [6.45, 7) is 13.1. The highest BCUT2D eigenvalue weighted by Crippen LogP contribution is 2.38. The van der Waals surface area contributed by atoms with Gasteiger partial charge in [0.1, 0.15) is 6.29 Å². The highest BCUT2D eigenvalue weighted by Gasteiger charge is 2.43. The van der Waals surface area contributed by atoms with Crippen molar-refractivity contribution in [2.24, 2.45) is 5.73 Å². The summed E-state index contributed by atoms with van der Waals surface area (Å²) in [4.78, 5) is 0. The molecule has 4 nitrogen and oxygen atoms in total. The fourth-order valence-electron chi connectivity index (χ4n) is 2.02. The summed E-state index contributed by atoms with van der Waals surface area (Å²) in [5.74, 6) is 0. The molecule has 1 aliphatic rings. The summed E-state index contributed by atoms with van der Waals surface area (Å²) in [6.07, 6.45) is 0.454. The zero-order valence-corrected chi connectivity index (χ0v) is 13.8. The van der Waals surface area contributed by atoms with Gasteiger partial charge in [-0.2, -0.15) is 0 Å². The van der Waals surface area contributed by atoms with Crippen LogP contribution in [0.3, 0.4) is 0 Å². The van der Waals surface area contributed by atoms with E-state index < -0.39 is 8.32 Å². The maximum absolute atomic E-state index is 6.26. The van der Waals surface area contributed by atoms with Crippen LogP contribution in [-0.4, -0.2) is 40.0 Å². The lowest BCUT2D eigenvalue weighted by atomic mass is 10.0. The van der Waals surface area contributed by atoms with Crippen LogP contribution in [-0.2, 0) is 13.9 Å². The van der Waals surface area contributed by atoms with E-state index in [1.54, 1.807) is 7.11 Å². The van der Waals surface area contributed by atoms with Gasteiger partial charge < -0.3 is 19.6 Å². The van der Waals surface area contributed by atoms with E-state index in [4.69, 9.17) is 19.6 Å². The summed E-state index contributed by atoms with van der Waals surface area (Å²) in [5, 5.41) is 0.182. The first-order chi connectivity index (χ1) is 8.08. The van der Waals surface area contributed by atoms with Gasteiger partial charge in [-0.15, -0.1) is 0 Å². The molecule has 2 N–H and O–H groups in total. The minimum atomic E-state index is -1.81. The predicted octanol–water partition coefficient (Wildman–Crippen LogP) is 2.49. The van der Waals surface area contributed by atoms with Crippen LogP contribution < -0.4 is 5.73 Å². The molecule has 108 valence electrons. The zero-order valence-electron chi connectivity index (χ0n) is 12.8. The molecule has 0 bridgehead atoms. The van der Waals surface area contributed by atoms with Crippen molar-refractivity contribution in [3.8, 4) is 0 Å². The molecule has 4 atom stereocenters. The molecule has 0 aromatic heterocycles. The molecule has 0 saturated carbocycles. The summed E-state index contributed by atoms with van der Waals surface area (Å²) in [6, 6.07) is -0.0199. The van der Waals surface area contributed by atoms with Crippen LogP contribution in [0, 0.1) is 0 Å². The van der Waals surface area contributed by atoms with Crippen LogP contribution in [0.5, 0.6) is 0 Å². The van der Waals surface area contributed by atoms with Gasteiger partial charge in [0.2, 0.25) is 0 Å². The normalized spacial score (nSPS) is 34.7. The minimum Gasteiger partial charge on any atom is -0.392 e. The molecule has 5 heteroatoms. The average Bonchev–Trinajstić information content (AvgIpc) is 2.14. The SMILES string of the molecule is CO[C@@H]1[C@H](N)C[C@@H](O[Si](C)(C)C(C)(C)C)O[C@H]1C. The van der Waals surface area contributed by atoms with Gasteiger partial charge in [-0.05, 0) is 25.1 Å².